The molecule has 1 aliphatic rings. The topological polar surface area (TPSA) is 75.4 Å². The summed E-state index contributed by atoms with van der Waals surface area (Å²) in [6, 6.07) is 1.69. The van der Waals surface area contributed by atoms with Crippen LogP contribution in [0.15, 0.2) is 10.6 Å². The van der Waals surface area contributed by atoms with Crippen LogP contribution < -0.4 is 5.32 Å². The molecule has 2 rings (SSSR count). The molecule has 1 aliphatic carbocycles. The highest BCUT2D eigenvalue weighted by Crippen LogP contribution is 2.27. The zero-order valence-electron chi connectivity index (χ0n) is 12.3. The third kappa shape index (κ3) is 3.60. The minimum atomic E-state index is -0.756. The van der Waals surface area contributed by atoms with Crippen LogP contribution in [0, 0.1) is 0 Å². The number of amides is 1. The van der Waals surface area contributed by atoms with E-state index in [1.807, 2.05) is 6.92 Å². The van der Waals surface area contributed by atoms with Gasteiger partial charge in [-0.25, -0.2) is 0 Å². The van der Waals surface area contributed by atoms with Crippen LogP contribution in [0.5, 0.6) is 0 Å². The number of carbonyl (C=O) groups excluding carboxylic acids is 1. The summed E-state index contributed by atoms with van der Waals surface area (Å²) in [5.41, 5.74) is 0.0435. The maximum Gasteiger partial charge on any atom is 0.290 e. The predicted molar refractivity (Wildman–Crippen MR) is 75.6 cm³/mol. The smallest absolute Gasteiger partial charge is 0.290 e. The lowest BCUT2D eigenvalue weighted by Crippen LogP contribution is -2.44. The fourth-order valence-electron chi connectivity index (χ4n) is 2.56. The number of aromatic nitrogens is 1. The van der Waals surface area contributed by atoms with E-state index in [0.29, 0.717) is 0 Å². The lowest BCUT2D eigenvalue weighted by molar-refractivity contribution is 0.00496. The third-order valence-corrected chi connectivity index (χ3v) is 4.23. The maximum absolute atomic E-state index is 12.0. The van der Waals surface area contributed by atoms with Crippen molar-refractivity contribution < 1.29 is 14.4 Å². The van der Waals surface area contributed by atoms with E-state index in [4.69, 9.17) is 4.52 Å². The van der Waals surface area contributed by atoms with Gasteiger partial charge < -0.3 is 14.9 Å². The molecule has 1 unspecified atom stereocenters. The SMILES string of the molecule is CCC(C)c1cc(C(=O)NCC2(O)CCCCC2)on1. The Hall–Kier alpha value is -1.36. The number of carbonyl (C=O) groups is 1. The summed E-state index contributed by atoms with van der Waals surface area (Å²) in [7, 11) is 0. The molecule has 112 valence electrons. The highest BCUT2D eigenvalue weighted by atomic mass is 16.5. The molecule has 1 saturated carbocycles. The summed E-state index contributed by atoms with van der Waals surface area (Å²) in [6.45, 7) is 4.40. The van der Waals surface area contributed by atoms with Gasteiger partial charge in [0, 0.05) is 18.5 Å². The number of hydrogen-bond acceptors (Lipinski definition) is 4. The van der Waals surface area contributed by atoms with E-state index >= 15 is 0 Å². The third-order valence-electron chi connectivity index (χ3n) is 4.23. The first-order valence-corrected chi connectivity index (χ1v) is 7.51. The van der Waals surface area contributed by atoms with Crippen molar-refractivity contribution in [3.05, 3.63) is 17.5 Å². The molecule has 1 aromatic heterocycles. The van der Waals surface area contributed by atoms with E-state index in [1.54, 1.807) is 6.07 Å². The van der Waals surface area contributed by atoms with Gasteiger partial charge in [0.1, 0.15) is 0 Å². The maximum atomic E-state index is 12.0. The summed E-state index contributed by atoms with van der Waals surface area (Å²) in [5.74, 6) is 0.202. The van der Waals surface area contributed by atoms with Crippen LogP contribution in [-0.4, -0.2) is 28.3 Å². The summed E-state index contributed by atoms with van der Waals surface area (Å²) < 4.78 is 5.08. The zero-order valence-corrected chi connectivity index (χ0v) is 12.3. The molecule has 1 fully saturated rings. The van der Waals surface area contributed by atoms with E-state index in [1.165, 1.54) is 0 Å². The summed E-state index contributed by atoms with van der Waals surface area (Å²) in [4.78, 5) is 12.0. The fourth-order valence-corrected chi connectivity index (χ4v) is 2.56. The quantitative estimate of drug-likeness (QED) is 0.869. The molecule has 0 aromatic carbocycles. The Bertz CT molecular complexity index is 450. The molecule has 0 radical (unpaired) electrons. The molecule has 20 heavy (non-hydrogen) atoms. The number of hydrogen-bond donors (Lipinski definition) is 2. The molecule has 0 aliphatic heterocycles. The minimum absolute atomic E-state index is 0.222. The van der Waals surface area contributed by atoms with Crippen molar-refractivity contribution >= 4 is 5.91 Å². The van der Waals surface area contributed by atoms with Crippen LogP contribution in [-0.2, 0) is 0 Å². The first-order valence-electron chi connectivity index (χ1n) is 7.51. The Balaban J connectivity index is 1.89. The molecule has 1 amide bonds. The van der Waals surface area contributed by atoms with E-state index in [-0.39, 0.29) is 24.1 Å². The second-order valence-corrected chi connectivity index (χ2v) is 5.89. The van der Waals surface area contributed by atoms with Crippen LogP contribution in [0.25, 0.3) is 0 Å². The van der Waals surface area contributed by atoms with Gasteiger partial charge in [-0.3, -0.25) is 4.79 Å². The van der Waals surface area contributed by atoms with Gasteiger partial charge in [-0.2, -0.15) is 0 Å². The van der Waals surface area contributed by atoms with E-state index < -0.39 is 5.60 Å². The van der Waals surface area contributed by atoms with Crippen LogP contribution in [0.2, 0.25) is 0 Å². The number of aliphatic hydroxyl groups is 1. The van der Waals surface area contributed by atoms with Crippen molar-refractivity contribution in [3.8, 4) is 0 Å². The van der Waals surface area contributed by atoms with Crippen LogP contribution in [0.1, 0.15) is 74.5 Å². The van der Waals surface area contributed by atoms with Crippen molar-refractivity contribution in [3.63, 3.8) is 0 Å². The van der Waals surface area contributed by atoms with Crippen molar-refractivity contribution in [1.29, 1.82) is 0 Å². The van der Waals surface area contributed by atoms with E-state index in [0.717, 1.165) is 44.2 Å². The monoisotopic (exact) mass is 280 g/mol. The van der Waals surface area contributed by atoms with Gasteiger partial charge in [-0.15, -0.1) is 0 Å². The Morgan fingerprint density at radius 2 is 2.20 bits per heavy atom. The van der Waals surface area contributed by atoms with Gasteiger partial charge in [0.05, 0.1) is 11.3 Å². The second-order valence-electron chi connectivity index (χ2n) is 5.89. The molecular formula is C15H24N2O3. The molecule has 0 spiro atoms. The van der Waals surface area contributed by atoms with E-state index in [2.05, 4.69) is 17.4 Å². The molecule has 1 atom stereocenters. The lowest BCUT2D eigenvalue weighted by atomic mass is 9.85. The molecule has 2 N–H and O–H groups in total. The van der Waals surface area contributed by atoms with Gasteiger partial charge in [-0.05, 0) is 19.3 Å². The van der Waals surface area contributed by atoms with Crippen molar-refractivity contribution in [1.82, 2.24) is 10.5 Å². The lowest BCUT2D eigenvalue weighted by Gasteiger charge is -2.31. The average molecular weight is 280 g/mol. The normalized spacial score (nSPS) is 19.6. The highest BCUT2D eigenvalue weighted by molar-refractivity contribution is 5.91. The summed E-state index contributed by atoms with van der Waals surface area (Å²) in [6.07, 6.45) is 5.66. The summed E-state index contributed by atoms with van der Waals surface area (Å²) in [5, 5.41) is 17.0. The second kappa shape index (κ2) is 6.39. The predicted octanol–water partition coefficient (Wildman–Crippen LogP) is 2.61. The van der Waals surface area contributed by atoms with Crippen LogP contribution in [0.4, 0.5) is 0 Å². The van der Waals surface area contributed by atoms with Gasteiger partial charge in [0.2, 0.25) is 5.76 Å². The van der Waals surface area contributed by atoms with Gasteiger partial charge in [0.15, 0.2) is 0 Å². The van der Waals surface area contributed by atoms with Crippen molar-refractivity contribution in [2.75, 3.05) is 6.54 Å². The molecule has 0 bridgehead atoms. The van der Waals surface area contributed by atoms with Crippen LogP contribution in [0.3, 0.4) is 0 Å². The average Bonchev–Trinajstić information content (AvgIpc) is 2.94. The number of nitrogens with one attached hydrogen (secondary N) is 1. The molecular weight excluding hydrogens is 256 g/mol. The number of nitrogens with zero attached hydrogens (tertiary/aromatic N) is 1. The van der Waals surface area contributed by atoms with Crippen molar-refractivity contribution in [2.45, 2.75) is 63.9 Å². The Morgan fingerprint density at radius 1 is 1.50 bits per heavy atom. The van der Waals surface area contributed by atoms with Gasteiger partial charge in [0.25, 0.3) is 5.91 Å². The minimum Gasteiger partial charge on any atom is -0.388 e. The summed E-state index contributed by atoms with van der Waals surface area (Å²) >= 11 is 0. The first kappa shape index (κ1) is 15.0. The van der Waals surface area contributed by atoms with Crippen molar-refractivity contribution in [2.24, 2.45) is 0 Å². The highest BCUT2D eigenvalue weighted by Gasteiger charge is 2.30. The molecule has 0 saturated heterocycles. The molecule has 1 heterocycles. The molecule has 1 aromatic rings. The van der Waals surface area contributed by atoms with E-state index in [9.17, 15) is 9.90 Å². The Morgan fingerprint density at radius 3 is 2.85 bits per heavy atom. The largest absolute Gasteiger partial charge is 0.388 e. The fraction of sp³-hybridized carbons (Fsp3) is 0.733. The molecule has 5 heteroatoms. The number of rotatable bonds is 5. The van der Waals surface area contributed by atoms with Gasteiger partial charge >= 0.3 is 0 Å². The Labute approximate surface area is 119 Å². The zero-order chi connectivity index (χ0) is 14.6. The standard InChI is InChI=1S/C15H24N2O3/c1-3-11(2)12-9-13(20-17-12)14(18)16-10-15(19)7-5-4-6-8-15/h9,11,19H,3-8,10H2,1-2H3,(H,16,18). The Kier molecular flexibility index (Phi) is 4.81. The first-order chi connectivity index (χ1) is 9.54. The van der Waals surface area contributed by atoms with Gasteiger partial charge in [-0.1, -0.05) is 38.3 Å². The molecule has 5 nitrogen and oxygen atoms in total. The van der Waals surface area contributed by atoms with Crippen LogP contribution >= 0.6 is 0 Å².